The van der Waals surface area contributed by atoms with Gasteiger partial charge >= 0.3 is 0 Å². The van der Waals surface area contributed by atoms with Crippen LogP contribution in [0.5, 0.6) is 0 Å². The highest BCUT2D eigenvalue weighted by atomic mass is 32.2. The number of thioether (sulfide) groups is 2. The van der Waals surface area contributed by atoms with E-state index >= 15 is 0 Å². The van der Waals surface area contributed by atoms with Gasteiger partial charge in [-0.05, 0) is 60.7 Å². The zero-order valence-electron chi connectivity index (χ0n) is 14.9. The van der Waals surface area contributed by atoms with E-state index < -0.39 is 11.9 Å². The Labute approximate surface area is 165 Å². The number of amides is 2. The molecule has 0 radical (unpaired) electrons. The summed E-state index contributed by atoms with van der Waals surface area (Å²) in [7, 11) is 0. The summed E-state index contributed by atoms with van der Waals surface area (Å²) >= 11 is 3.26. The first-order valence-corrected chi connectivity index (χ1v) is 11.0. The zero-order chi connectivity index (χ0) is 19.2. The molecule has 2 heterocycles. The number of carbonyl (C=O) groups is 2. The molecule has 144 valence electrons. The van der Waals surface area contributed by atoms with E-state index in [0.29, 0.717) is 12.8 Å². The van der Waals surface area contributed by atoms with Crippen LogP contribution in [0, 0.1) is 5.82 Å². The molecule has 2 aromatic rings. The summed E-state index contributed by atoms with van der Waals surface area (Å²) in [5.41, 5.74) is 0.792. The first-order valence-electron chi connectivity index (χ1n) is 8.64. The molecule has 1 aliphatic heterocycles. The van der Waals surface area contributed by atoms with Crippen LogP contribution in [0.15, 0.2) is 45.9 Å². The first kappa shape index (κ1) is 19.8. The molecule has 27 heavy (non-hydrogen) atoms. The number of fused-ring (bicyclic) bond motifs is 1. The molecule has 0 bridgehead atoms. The van der Waals surface area contributed by atoms with E-state index in [1.54, 1.807) is 41.7 Å². The molecule has 5 nitrogen and oxygen atoms in total. The Morgan fingerprint density at radius 3 is 3.00 bits per heavy atom. The predicted molar refractivity (Wildman–Crippen MR) is 106 cm³/mol. The fraction of sp³-hybridized carbons (Fsp3) is 0.368. The lowest BCUT2D eigenvalue weighted by atomic mass is 10.0. The Morgan fingerprint density at radius 1 is 1.41 bits per heavy atom. The maximum Gasteiger partial charge on any atom is 0.287 e. The highest BCUT2D eigenvalue weighted by molar-refractivity contribution is 7.99. The average molecular weight is 409 g/mol. The van der Waals surface area contributed by atoms with E-state index in [2.05, 4.69) is 10.6 Å². The molecule has 0 saturated heterocycles. The van der Waals surface area contributed by atoms with Crippen LogP contribution in [0.25, 0.3) is 0 Å². The van der Waals surface area contributed by atoms with Gasteiger partial charge in [-0.1, -0.05) is 0 Å². The minimum Gasteiger partial charge on any atom is -0.459 e. The van der Waals surface area contributed by atoms with E-state index in [1.165, 1.54) is 18.4 Å². The zero-order valence-corrected chi connectivity index (χ0v) is 16.5. The Kier molecular flexibility index (Phi) is 6.84. The van der Waals surface area contributed by atoms with E-state index in [0.717, 1.165) is 22.0 Å². The molecule has 8 heteroatoms. The van der Waals surface area contributed by atoms with Gasteiger partial charge in [-0.3, -0.25) is 9.59 Å². The van der Waals surface area contributed by atoms with Gasteiger partial charge in [0.15, 0.2) is 5.76 Å². The minimum atomic E-state index is -0.679. The Hall–Kier alpha value is -1.93. The minimum absolute atomic E-state index is 0.165. The van der Waals surface area contributed by atoms with Gasteiger partial charge in [0.2, 0.25) is 5.91 Å². The second-order valence-electron chi connectivity index (χ2n) is 6.17. The number of hydrogen-bond donors (Lipinski definition) is 2. The van der Waals surface area contributed by atoms with Gasteiger partial charge in [0.25, 0.3) is 5.91 Å². The third-order valence-corrected chi connectivity index (χ3v) is 6.07. The third kappa shape index (κ3) is 5.07. The van der Waals surface area contributed by atoms with Gasteiger partial charge in [0.1, 0.15) is 11.9 Å². The summed E-state index contributed by atoms with van der Waals surface area (Å²) in [6, 6.07) is 6.89. The van der Waals surface area contributed by atoms with Crippen LogP contribution >= 0.6 is 23.5 Å². The smallest absolute Gasteiger partial charge is 0.287 e. The van der Waals surface area contributed by atoms with Crippen LogP contribution in [-0.2, 0) is 4.79 Å². The van der Waals surface area contributed by atoms with Crippen molar-refractivity contribution in [1.82, 2.24) is 10.6 Å². The number of halogens is 1. The topological polar surface area (TPSA) is 71.3 Å². The standard InChI is InChI=1S/C19H21FN2O3S2/c1-26-9-6-15(22-19(24)16-3-2-8-25-16)18(23)21-14-7-10-27-17-5-4-12(20)11-13(14)17/h2-5,8,11,14-15H,6-7,9-10H2,1H3,(H,21,23)(H,22,24). The van der Waals surface area contributed by atoms with Gasteiger partial charge < -0.3 is 15.1 Å². The summed E-state index contributed by atoms with van der Waals surface area (Å²) in [5, 5.41) is 5.73. The number of carbonyl (C=O) groups excluding carboxylic acids is 2. The van der Waals surface area contributed by atoms with E-state index in [-0.39, 0.29) is 23.5 Å². The van der Waals surface area contributed by atoms with Crippen molar-refractivity contribution in [3.05, 3.63) is 53.7 Å². The predicted octanol–water partition coefficient (Wildman–Crippen LogP) is 3.62. The quantitative estimate of drug-likeness (QED) is 0.732. The molecule has 1 aromatic carbocycles. The SMILES string of the molecule is CSCCC(NC(=O)c1ccco1)C(=O)NC1CCSc2ccc(F)cc21. The normalized spacial score (nSPS) is 17.0. The Balaban J connectivity index is 1.71. The summed E-state index contributed by atoms with van der Waals surface area (Å²) < 4.78 is 18.8. The molecule has 1 aromatic heterocycles. The second kappa shape index (κ2) is 9.32. The number of nitrogens with one attached hydrogen (secondary N) is 2. The largest absolute Gasteiger partial charge is 0.459 e. The van der Waals surface area contributed by atoms with Gasteiger partial charge in [-0.25, -0.2) is 4.39 Å². The maximum absolute atomic E-state index is 13.7. The fourth-order valence-corrected chi connectivity index (χ4v) is 4.51. The highest BCUT2D eigenvalue weighted by Gasteiger charge is 2.27. The van der Waals surface area contributed by atoms with Crippen LogP contribution < -0.4 is 10.6 Å². The van der Waals surface area contributed by atoms with E-state index in [9.17, 15) is 14.0 Å². The van der Waals surface area contributed by atoms with Crippen molar-refractivity contribution in [2.24, 2.45) is 0 Å². The third-order valence-electron chi connectivity index (χ3n) is 4.31. The molecule has 0 spiro atoms. The van der Waals surface area contributed by atoms with Gasteiger partial charge in [0, 0.05) is 10.6 Å². The van der Waals surface area contributed by atoms with Crippen molar-refractivity contribution in [2.75, 3.05) is 17.8 Å². The first-order chi connectivity index (χ1) is 13.1. The Morgan fingerprint density at radius 2 is 2.26 bits per heavy atom. The summed E-state index contributed by atoms with van der Waals surface area (Å²) in [6.45, 7) is 0. The lowest BCUT2D eigenvalue weighted by Crippen LogP contribution is -2.48. The van der Waals surface area contributed by atoms with Crippen molar-refractivity contribution in [1.29, 1.82) is 0 Å². The molecule has 2 N–H and O–H groups in total. The van der Waals surface area contributed by atoms with Gasteiger partial charge in [-0.2, -0.15) is 11.8 Å². The van der Waals surface area contributed by atoms with Crippen molar-refractivity contribution in [3.63, 3.8) is 0 Å². The van der Waals surface area contributed by atoms with E-state index in [1.807, 2.05) is 6.26 Å². The van der Waals surface area contributed by atoms with Crippen LogP contribution in [-0.4, -0.2) is 35.6 Å². The molecule has 2 unspecified atom stereocenters. The van der Waals surface area contributed by atoms with Gasteiger partial charge in [0.05, 0.1) is 12.3 Å². The average Bonchev–Trinajstić information content (AvgIpc) is 3.20. The molecule has 1 aliphatic rings. The molecule has 2 amide bonds. The number of rotatable bonds is 7. The summed E-state index contributed by atoms with van der Waals surface area (Å²) in [4.78, 5) is 26.1. The van der Waals surface area contributed by atoms with Gasteiger partial charge in [-0.15, -0.1) is 11.8 Å². The van der Waals surface area contributed by atoms with Crippen molar-refractivity contribution in [2.45, 2.75) is 29.8 Å². The molecule has 2 atom stereocenters. The highest BCUT2D eigenvalue weighted by Crippen LogP contribution is 2.36. The lowest BCUT2D eigenvalue weighted by molar-refractivity contribution is -0.123. The fourth-order valence-electron chi connectivity index (χ4n) is 2.93. The number of benzene rings is 1. The van der Waals surface area contributed by atoms with Crippen LogP contribution in [0.1, 0.15) is 35.0 Å². The summed E-state index contributed by atoms with van der Waals surface area (Å²) in [6.07, 6.45) is 4.57. The van der Waals surface area contributed by atoms with Crippen LogP contribution in [0.4, 0.5) is 4.39 Å². The van der Waals surface area contributed by atoms with E-state index in [4.69, 9.17) is 4.42 Å². The summed E-state index contributed by atoms with van der Waals surface area (Å²) in [5.74, 6) is 0.724. The van der Waals surface area contributed by atoms with Crippen molar-refractivity contribution in [3.8, 4) is 0 Å². The van der Waals surface area contributed by atoms with Crippen molar-refractivity contribution >= 4 is 35.3 Å². The molecule has 0 fully saturated rings. The molecular formula is C19H21FN2O3S2. The van der Waals surface area contributed by atoms with Crippen molar-refractivity contribution < 1.29 is 18.4 Å². The molecule has 3 rings (SSSR count). The lowest BCUT2D eigenvalue weighted by Gasteiger charge is -2.28. The molecular weight excluding hydrogens is 387 g/mol. The van der Waals surface area contributed by atoms with Crippen LogP contribution in [0.2, 0.25) is 0 Å². The monoisotopic (exact) mass is 408 g/mol. The maximum atomic E-state index is 13.7. The number of hydrogen-bond acceptors (Lipinski definition) is 5. The second-order valence-corrected chi connectivity index (χ2v) is 8.29. The Bertz CT molecular complexity index is 798. The molecule has 0 saturated carbocycles. The van der Waals surface area contributed by atoms with Crippen LogP contribution in [0.3, 0.4) is 0 Å². The molecule has 0 aliphatic carbocycles. The number of furan rings is 1.